The number of fused-ring (bicyclic) bond motifs is 1. The molecular formula is C27H26N2O5. The molecule has 0 bridgehead atoms. The van der Waals surface area contributed by atoms with Crippen LogP contribution < -0.4 is 10.9 Å². The number of hydrogen-bond donors (Lipinski definition) is 2. The van der Waals surface area contributed by atoms with Crippen molar-refractivity contribution in [3.8, 4) is 5.75 Å². The molecule has 5 rings (SSSR count). The zero-order valence-electron chi connectivity index (χ0n) is 18.9. The molecule has 2 heterocycles. The van der Waals surface area contributed by atoms with E-state index in [9.17, 15) is 14.7 Å². The van der Waals surface area contributed by atoms with Crippen LogP contribution in [0.15, 0.2) is 74.5 Å². The van der Waals surface area contributed by atoms with Gasteiger partial charge in [-0.1, -0.05) is 12.1 Å². The second-order valence-corrected chi connectivity index (χ2v) is 8.85. The van der Waals surface area contributed by atoms with Gasteiger partial charge in [-0.2, -0.15) is 0 Å². The first kappa shape index (κ1) is 22.0. The predicted molar refractivity (Wildman–Crippen MR) is 127 cm³/mol. The van der Waals surface area contributed by atoms with E-state index in [4.69, 9.17) is 8.83 Å². The van der Waals surface area contributed by atoms with Crippen LogP contribution in [-0.4, -0.2) is 22.0 Å². The fourth-order valence-electron chi connectivity index (χ4n) is 4.09. The van der Waals surface area contributed by atoms with Gasteiger partial charge in [0, 0.05) is 41.7 Å². The average Bonchev–Trinajstić information content (AvgIpc) is 3.48. The first-order valence-electron chi connectivity index (χ1n) is 11.4. The number of hydrogen-bond acceptors (Lipinski definition) is 6. The fourth-order valence-corrected chi connectivity index (χ4v) is 4.09. The number of carbonyl (C=O) groups excluding carboxylic acids is 1. The minimum absolute atomic E-state index is 0.0393. The van der Waals surface area contributed by atoms with Crippen LogP contribution in [0.25, 0.3) is 11.0 Å². The first-order valence-corrected chi connectivity index (χ1v) is 11.4. The van der Waals surface area contributed by atoms with Crippen LogP contribution in [0.5, 0.6) is 5.75 Å². The maximum Gasteiger partial charge on any atom is 0.336 e. The van der Waals surface area contributed by atoms with Crippen molar-refractivity contribution in [2.24, 2.45) is 0 Å². The van der Waals surface area contributed by atoms with Crippen LogP contribution in [0.4, 0.5) is 0 Å². The molecule has 0 unspecified atom stereocenters. The summed E-state index contributed by atoms with van der Waals surface area (Å²) < 4.78 is 11.0. The molecule has 7 heteroatoms. The molecule has 1 fully saturated rings. The lowest BCUT2D eigenvalue weighted by Gasteiger charge is -2.22. The lowest BCUT2D eigenvalue weighted by molar-refractivity contribution is 0.0951. The molecule has 0 atom stereocenters. The summed E-state index contributed by atoms with van der Waals surface area (Å²) in [5.74, 6) is 0.857. The number of nitrogens with zero attached hydrogens (tertiary/aromatic N) is 1. The van der Waals surface area contributed by atoms with Gasteiger partial charge in [-0.15, -0.1) is 0 Å². The van der Waals surface area contributed by atoms with E-state index in [-0.39, 0.29) is 11.7 Å². The summed E-state index contributed by atoms with van der Waals surface area (Å²) in [4.78, 5) is 26.7. The minimum Gasteiger partial charge on any atom is -0.508 e. The third-order valence-electron chi connectivity index (χ3n) is 6.11. The van der Waals surface area contributed by atoms with Crippen LogP contribution in [-0.2, 0) is 19.6 Å². The van der Waals surface area contributed by atoms with Gasteiger partial charge < -0.3 is 19.3 Å². The number of phenolic OH excluding ortho intramolecular Hbond substituents is 1. The zero-order valence-corrected chi connectivity index (χ0v) is 18.9. The van der Waals surface area contributed by atoms with Crippen molar-refractivity contribution in [3.63, 3.8) is 0 Å². The van der Waals surface area contributed by atoms with Crippen LogP contribution in [0, 0.1) is 6.92 Å². The van der Waals surface area contributed by atoms with E-state index in [0.29, 0.717) is 42.4 Å². The number of phenols is 1. The molecule has 2 aromatic carbocycles. The van der Waals surface area contributed by atoms with Gasteiger partial charge in [0.25, 0.3) is 5.91 Å². The molecule has 174 valence electrons. The number of amides is 1. The van der Waals surface area contributed by atoms with Crippen molar-refractivity contribution in [1.82, 2.24) is 10.2 Å². The smallest absolute Gasteiger partial charge is 0.336 e. The summed E-state index contributed by atoms with van der Waals surface area (Å²) in [6, 6.07) is 16.6. The summed E-state index contributed by atoms with van der Waals surface area (Å²) in [6.45, 7) is 3.32. The Morgan fingerprint density at radius 1 is 1.09 bits per heavy atom. The number of benzene rings is 2. The molecule has 0 aliphatic heterocycles. The highest BCUT2D eigenvalue weighted by molar-refractivity contribution is 5.94. The number of aryl methyl sites for hydroxylation is 1. The highest BCUT2D eigenvalue weighted by Gasteiger charge is 2.23. The minimum atomic E-state index is -0.458. The summed E-state index contributed by atoms with van der Waals surface area (Å²) in [5, 5.41) is 13.8. The highest BCUT2D eigenvalue weighted by Crippen LogP contribution is 2.28. The lowest BCUT2D eigenvalue weighted by atomic mass is 10.0. The number of rotatable bonds is 8. The lowest BCUT2D eigenvalue weighted by Crippen LogP contribution is -2.25. The summed E-state index contributed by atoms with van der Waals surface area (Å²) in [7, 11) is 0. The van der Waals surface area contributed by atoms with Crippen molar-refractivity contribution in [2.45, 2.75) is 45.4 Å². The summed E-state index contributed by atoms with van der Waals surface area (Å²) in [6.07, 6.45) is 3.74. The van der Waals surface area contributed by atoms with E-state index >= 15 is 0 Å². The first-order chi connectivity index (χ1) is 16.5. The predicted octanol–water partition coefficient (Wildman–Crippen LogP) is 4.49. The summed E-state index contributed by atoms with van der Waals surface area (Å²) in [5.41, 5.74) is 2.97. The quantitative estimate of drug-likeness (QED) is 0.378. The Hall–Kier alpha value is -3.84. The number of furan rings is 1. The molecule has 4 aromatic rings. The monoisotopic (exact) mass is 458 g/mol. The van der Waals surface area contributed by atoms with Crippen LogP contribution in [0.3, 0.4) is 0 Å². The number of aromatic hydroxyl groups is 1. The van der Waals surface area contributed by atoms with Crippen molar-refractivity contribution < 1.29 is 18.7 Å². The highest BCUT2D eigenvalue weighted by atomic mass is 16.4. The van der Waals surface area contributed by atoms with E-state index in [1.54, 1.807) is 25.3 Å². The third-order valence-corrected chi connectivity index (χ3v) is 6.11. The zero-order chi connectivity index (χ0) is 23.7. The molecule has 34 heavy (non-hydrogen) atoms. The van der Waals surface area contributed by atoms with Gasteiger partial charge in [-0.3, -0.25) is 9.69 Å². The van der Waals surface area contributed by atoms with Gasteiger partial charge in [-0.05, 0) is 67.3 Å². The molecule has 2 N–H and O–H groups in total. The Morgan fingerprint density at radius 3 is 2.59 bits per heavy atom. The van der Waals surface area contributed by atoms with E-state index < -0.39 is 5.63 Å². The molecular weight excluding hydrogens is 432 g/mol. The van der Waals surface area contributed by atoms with Gasteiger partial charge in [-0.25, -0.2) is 4.79 Å². The fraction of sp³-hybridized carbons (Fsp3) is 0.259. The Kier molecular flexibility index (Phi) is 5.94. The van der Waals surface area contributed by atoms with Gasteiger partial charge >= 0.3 is 5.63 Å². The van der Waals surface area contributed by atoms with Crippen LogP contribution in [0.1, 0.15) is 45.7 Å². The SMILES string of the molecule is Cc1c(O)ccc2c(CN(Cc3ccc(C(=O)NC4CC4)cc3)Cc3ccco3)cc(=O)oc12. The Labute approximate surface area is 196 Å². The van der Waals surface area contributed by atoms with Crippen LogP contribution >= 0.6 is 0 Å². The van der Waals surface area contributed by atoms with E-state index in [0.717, 1.165) is 35.1 Å². The van der Waals surface area contributed by atoms with Crippen molar-refractivity contribution in [2.75, 3.05) is 0 Å². The number of nitrogens with one attached hydrogen (secondary N) is 1. The molecule has 0 spiro atoms. The molecule has 7 nitrogen and oxygen atoms in total. The maximum absolute atomic E-state index is 12.3. The number of carbonyl (C=O) groups is 1. The molecule has 0 radical (unpaired) electrons. The van der Waals surface area contributed by atoms with E-state index in [2.05, 4.69) is 10.2 Å². The van der Waals surface area contributed by atoms with Gasteiger partial charge in [0.1, 0.15) is 17.1 Å². The molecule has 1 aliphatic rings. The van der Waals surface area contributed by atoms with Crippen molar-refractivity contribution >= 4 is 16.9 Å². The van der Waals surface area contributed by atoms with E-state index in [1.165, 1.54) is 6.07 Å². The summed E-state index contributed by atoms with van der Waals surface area (Å²) >= 11 is 0. The molecule has 1 saturated carbocycles. The second-order valence-electron chi connectivity index (χ2n) is 8.85. The Bertz CT molecular complexity index is 1370. The van der Waals surface area contributed by atoms with Gasteiger partial charge in [0.2, 0.25) is 0 Å². The van der Waals surface area contributed by atoms with Crippen molar-refractivity contribution in [3.05, 3.63) is 99.3 Å². The topological polar surface area (TPSA) is 95.9 Å². The van der Waals surface area contributed by atoms with E-state index in [1.807, 2.05) is 36.4 Å². The molecule has 1 amide bonds. The molecule has 2 aromatic heterocycles. The Morgan fingerprint density at radius 2 is 1.88 bits per heavy atom. The Balaban J connectivity index is 1.41. The molecule has 0 saturated heterocycles. The van der Waals surface area contributed by atoms with Gasteiger partial charge in [0.05, 0.1) is 12.8 Å². The van der Waals surface area contributed by atoms with Crippen LogP contribution in [0.2, 0.25) is 0 Å². The normalized spacial score (nSPS) is 13.5. The standard InChI is InChI=1S/C27H26N2O5/c1-17-24(30)11-10-23-20(13-25(31)34-26(17)23)15-29(16-22-3-2-12-33-22)14-18-4-6-19(7-5-18)27(32)28-21-8-9-21/h2-7,10-13,21,30H,8-9,14-16H2,1H3,(H,28,32). The molecule has 1 aliphatic carbocycles. The van der Waals surface area contributed by atoms with Crippen molar-refractivity contribution in [1.29, 1.82) is 0 Å². The third kappa shape index (κ3) is 4.89. The second kappa shape index (κ2) is 9.19. The largest absolute Gasteiger partial charge is 0.508 e. The maximum atomic E-state index is 12.3. The van der Waals surface area contributed by atoms with Gasteiger partial charge in [0.15, 0.2) is 0 Å². The average molecular weight is 459 g/mol.